The van der Waals surface area contributed by atoms with E-state index in [0.29, 0.717) is 6.04 Å². The van der Waals surface area contributed by atoms with Gasteiger partial charge in [0.05, 0.1) is 6.04 Å². The summed E-state index contributed by atoms with van der Waals surface area (Å²) < 4.78 is 0. The zero-order valence-corrected chi connectivity index (χ0v) is 13.1. The second-order valence-corrected chi connectivity index (χ2v) is 6.10. The van der Waals surface area contributed by atoms with Gasteiger partial charge in [-0.1, -0.05) is 56.5 Å². The third kappa shape index (κ3) is 4.57. The molecule has 3 heteroatoms. The fourth-order valence-corrected chi connectivity index (χ4v) is 3.23. The van der Waals surface area contributed by atoms with Crippen molar-refractivity contribution in [2.24, 2.45) is 5.73 Å². The minimum absolute atomic E-state index is 0.152. The van der Waals surface area contributed by atoms with E-state index in [-0.39, 0.29) is 11.9 Å². The largest absolute Gasteiger partial charge is 0.338 e. The fourth-order valence-electron chi connectivity index (χ4n) is 3.23. The second-order valence-electron chi connectivity index (χ2n) is 6.10. The maximum absolute atomic E-state index is 12.6. The van der Waals surface area contributed by atoms with Crippen molar-refractivity contribution >= 4 is 5.91 Å². The van der Waals surface area contributed by atoms with Crippen LogP contribution < -0.4 is 5.73 Å². The van der Waals surface area contributed by atoms with E-state index in [1.807, 2.05) is 6.07 Å². The molecular formula is C18H28N2O. The van der Waals surface area contributed by atoms with Gasteiger partial charge >= 0.3 is 0 Å². The molecule has 0 saturated heterocycles. The number of carbonyl (C=O) groups is 1. The highest BCUT2D eigenvalue weighted by molar-refractivity contribution is 5.82. The van der Waals surface area contributed by atoms with Crippen molar-refractivity contribution in [3.05, 3.63) is 35.9 Å². The molecule has 0 aliphatic heterocycles. The zero-order valence-electron chi connectivity index (χ0n) is 13.1. The normalized spacial score (nSPS) is 16.9. The molecule has 0 heterocycles. The molecule has 1 amide bonds. The topological polar surface area (TPSA) is 46.3 Å². The molecule has 1 atom stereocenters. The van der Waals surface area contributed by atoms with Gasteiger partial charge in [-0.3, -0.25) is 4.79 Å². The molecule has 116 valence electrons. The number of nitrogens with zero attached hydrogens (tertiary/aromatic N) is 1. The van der Waals surface area contributed by atoms with Crippen molar-refractivity contribution in [1.82, 2.24) is 4.90 Å². The van der Waals surface area contributed by atoms with Gasteiger partial charge in [-0.05, 0) is 31.2 Å². The Labute approximate surface area is 128 Å². The molecule has 2 N–H and O–H groups in total. The highest BCUT2D eigenvalue weighted by Gasteiger charge is 2.29. The molecule has 3 nitrogen and oxygen atoms in total. The Balaban J connectivity index is 1.99. The van der Waals surface area contributed by atoms with Gasteiger partial charge in [0.15, 0.2) is 0 Å². The van der Waals surface area contributed by atoms with Crippen molar-refractivity contribution < 1.29 is 4.79 Å². The predicted molar refractivity (Wildman–Crippen MR) is 87.0 cm³/mol. The van der Waals surface area contributed by atoms with E-state index in [4.69, 9.17) is 5.73 Å². The predicted octanol–water partition coefficient (Wildman–Crippen LogP) is 3.13. The van der Waals surface area contributed by atoms with Gasteiger partial charge in [0.2, 0.25) is 5.91 Å². The summed E-state index contributed by atoms with van der Waals surface area (Å²) in [6.45, 7) is 2.88. The van der Waals surface area contributed by atoms with Gasteiger partial charge in [-0.15, -0.1) is 0 Å². The quantitative estimate of drug-likeness (QED) is 0.838. The summed E-state index contributed by atoms with van der Waals surface area (Å²) >= 11 is 0. The lowest BCUT2D eigenvalue weighted by Gasteiger charge is -2.31. The van der Waals surface area contributed by atoms with Gasteiger partial charge in [0, 0.05) is 12.6 Å². The molecule has 1 aromatic carbocycles. The molecule has 1 aromatic rings. The molecule has 1 saturated carbocycles. The summed E-state index contributed by atoms with van der Waals surface area (Å²) in [7, 11) is 0. The fraction of sp³-hybridized carbons (Fsp3) is 0.611. The number of hydrogen-bond donors (Lipinski definition) is 1. The van der Waals surface area contributed by atoms with Crippen LogP contribution in [0.5, 0.6) is 0 Å². The van der Waals surface area contributed by atoms with Gasteiger partial charge in [0.25, 0.3) is 0 Å². The van der Waals surface area contributed by atoms with E-state index < -0.39 is 0 Å². The molecule has 1 unspecified atom stereocenters. The standard InChI is InChI=1S/C18H28N2O/c1-2-8-17(19)18(21)20(16-11-6-7-12-16)14-13-15-9-4-3-5-10-15/h3-5,9-10,16-17H,2,6-8,11-14,19H2,1H3. The lowest BCUT2D eigenvalue weighted by atomic mass is 10.1. The van der Waals surface area contributed by atoms with Crippen LogP contribution in [0.3, 0.4) is 0 Å². The first-order chi connectivity index (χ1) is 10.2. The second kappa shape index (κ2) is 8.18. The van der Waals surface area contributed by atoms with Crippen LogP contribution >= 0.6 is 0 Å². The molecule has 1 aliphatic rings. The Morgan fingerprint density at radius 1 is 1.29 bits per heavy atom. The SMILES string of the molecule is CCCC(N)C(=O)N(CCc1ccccc1)C1CCCC1. The van der Waals surface area contributed by atoms with Crippen LogP contribution in [0.15, 0.2) is 30.3 Å². The average Bonchev–Trinajstić information content (AvgIpc) is 3.03. The summed E-state index contributed by atoms with van der Waals surface area (Å²) in [5.74, 6) is 0.152. The van der Waals surface area contributed by atoms with Crippen LogP contribution in [0.25, 0.3) is 0 Å². The first kappa shape index (κ1) is 16.0. The van der Waals surface area contributed by atoms with E-state index >= 15 is 0 Å². The summed E-state index contributed by atoms with van der Waals surface area (Å²) in [6, 6.07) is 10.5. The number of rotatable bonds is 7. The molecule has 21 heavy (non-hydrogen) atoms. The van der Waals surface area contributed by atoms with Crippen molar-refractivity contribution in [2.75, 3.05) is 6.54 Å². The van der Waals surface area contributed by atoms with Crippen LogP contribution in [0, 0.1) is 0 Å². The lowest BCUT2D eigenvalue weighted by molar-refractivity contribution is -0.135. The van der Waals surface area contributed by atoms with E-state index in [2.05, 4.69) is 36.1 Å². The average molecular weight is 288 g/mol. The Kier molecular flexibility index (Phi) is 6.24. The number of hydrogen-bond acceptors (Lipinski definition) is 2. The van der Waals surface area contributed by atoms with E-state index in [9.17, 15) is 4.79 Å². The van der Waals surface area contributed by atoms with E-state index in [0.717, 1.165) is 38.6 Å². The summed E-state index contributed by atoms with van der Waals surface area (Å²) in [4.78, 5) is 14.7. The molecular weight excluding hydrogens is 260 g/mol. The summed E-state index contributed by atoms with van der Waals surface area (Å²) in [6.07, 6.45) is 7.42. The van der Waals surface area contributed by atoms with Crippen molar-refractivity contribution in [2.45, 2.75) is 64.0 Å². The third-order valence-corrected chi connectivity index (χ3v) is 4.45. The molecule has 2 rings (SSSR count). The summed E-state index contributed by atoms with van der Waals surface area (Å²) in [5.41, 5.74) is 7.36. The zero-order chi connectivity index (χ0) is 15.1. The van der Waals surface area contributed by atoms with Gasteiger partial charge in [-0.25, -0.2) is 0 Å². The Morgan fingerprint density at radius 2 is 1.95 bits per heavy atom. The minimum atomic E-state index is -0.327. The van der Waals surface area contributed by atoms with Gasteiger partial charge < -0.3 is 10.6 Å². The molecule has 0 aromatic heterocycles. The highest BCUT2D eigenvalue weighted by Crippen LogP contribution is 2.24. The van der Waals surface area contributed by atoms with E-state index in [1.54, 1.807) is 0 Å². The van der Waals surface area contributed by atoms with Gasteiger partial charge in [0.1, 0.15) is 0 Å². The van der Waals surface area contributed by atoms with Crippen molar-refractivity contribution in [3.8, 4) is 0 Å². The molecule has 0 spiro atoms. The van der Waals surface area contributed by atoms with Crippen LogP contribution in [-0.2, 0) is 11.2 Å². The Hall–Kier alpha value is -1.35. The monoisotopic (exact) mass is 288 g/mol. The highest BCUT2D eigenvalue weighted by atomic mass is 16.2. The van der Waals surface area contributed by atoms with Gasteiger partial charge in [-0.2, -0.15) is 0 Å². The summed E-state index contributed by atoms with van der Waals surface area (Å²) in [5, 5.41) is 0. The maximum Gasteiger partial charge on any atom is 0.239 e. The van der Waals surface area contributed by atoms with Crippen molar-refractivity contribution in [3.63, 3.8) is 0 Å². The molecule has 0 radical (unpaired) electrons. The van der Waals surface area contributed by atoms with Crippen molar-refractivity contribution in [1.29, 1.82) is 0 Å². The lowest BCUT2D eigenvalue weighted by Crippen LogP contribution is -2.48. The Morgan fingerprint density at radius 3 is 2.57 bits per heavy atom. The number of nitrogens with two attached hydrogens (primary N) is 1. The van der Waals surface area contributed by atoms with Crippen LogP contribution in [0.1, 0.15) is 51.0 Å². The third-order valence-electron chi connectivity index (χ3n) is 4.45. The number of amides is 1. The van der Waals surface area contributed by atoms with E-state index in [1.165, 1.54) is 18.4 Å². The first-order valence-electron chi connectivity index (χ1n) is 8.32. The first-order valence-corrected chi connectivity index (χ1v) is 8.32. The Bertz CT molecular complexity index is 426. The number of benzene rings is 1. The van der Waals surface area contributed by atoms with Crippen LogP contribution in [-0.4, -0.2) is 29.4 Å². The van der Waals surface area contributed by atoms with Crippen LogP contribution in [0.4, 0.5) is 0 Å². The number of carbonyl (C=O) groups excluding carboxylic acids is 1. The molecule has 1 aliphatic carbocycles. The molecule has 1 fully saturated rings. The maximum atomic E-state index is 12.6. The smallest absolute Gasteiger partial charge is 0.239 e. The van der Waals surface area contributed by atoms with Crippen LogP contribution in [0.2, 0.25) is 0 Å². The molecule has 0 bridgehead atoms. The minimum Gasteiger partial charge on any atom is -0.338 e.